The van der Waals surface area contributed by atoms with Crippen LogP contribution in [0.3, 0.4) is 0 Å². The Morgan fingerprint density at radius 3 is 2.56 bits per heavy atom. The van der Waals surface area contributed by atoms with Crippen LogP contribution in [0.5, 0.6) is 0 Å². The lowest BCUT2D eigenvalue weighted by Gasteiger charge is -2.32. The maximum absolute atomic E-state index is 11.5. The number of piperidine rings is 1. The van der Waals surface area contributed by atoms with Crippen LogP contribution in [-0.2, 0) is 4.79 Å². The molecule has 0 spiro atoms. The molecule has 25 heavy (non-hydrogen) atoms. The van der Waals surface area contributed by atoms with E-state index >= 15 is 0 Å². The number of likely N-dealkylation sites (N-methyl/N-ethyl adjacent to an activating group) is 2. The summed E-state index contributed by atoms with van der Waals surface area (Å²) >= 11 is 0. The number of guanidine groups is 1. The molecule has 1 fully saturated rings. The molecule has 0 aromatic heterocycles. The molecule has 146 valence electrons. The topological polar surface area (TPSA) is 72.0 Å². The highest BCUT2D eigenvalue weighted by Gasteiger charge is 2.21. The van der Waals surface area contributed by atoms with Crippen LogP contribution >= 0.6 is 0 Å². The minimum absolute atomic E-state index is 0.0912. The zero-order valence-corrected chi connectivity index (χ0v) is 16.6. The number of nitrogens with zero attached hydrogens (tertiary/aromatic N) is 3. The van der Waals surface area contributed by atoms with Crippen LogP contribution < -0.4 is 16.0 Å². The van der Waals surface area contributed by atoms with Gasteiger partial charge in [-0.25, -0.2) is 0 Å². The van der Waals surface area contributed by atoms with E-state index in [0.717, 1.165) is 58.1 Å². The third kappa shape index (κ3) is 9.65. The minimum Gasteiger partial charge on any atom is -0.358 e. The van der Waals surface area contributed by atoms with Crippen LogP contribution in [0.2, 0.25) is 0 Å². The van der Waals surface area contributed by atoms with Crippen molar-refractivity contribution in [1.29, 1.82) is 0 Å². The van der Waals surface area contributed by atoms with Crippen molar-refractivity contribution in [2.75, 3.05) is 59.9 Å². The fraction of sp³-hybridized carbons (Fsp3) is 0.889. The molecule has 0 aliphatic carbocycles. The van der Waals surface area contributed by atoms with Crippen LogP contribution in [-0.4, -0.2) is 87.6 Å². The second-order valence-electron chi connectivity index (χ2n) is 6.79. The summed E-state index contributed by atoms with van der Waals surface area (Å²) in [5, 5.41) is 9.58. The molecule has 1 amide bonds. The number of aliphatic imine (C=N–C) groups is 1. The first kappa shape index (κ1) is 21.7. The molecule has 1 rings (SSSR count). The third-order valence-corrected chi connectivity index (χ3v) is 4.56. The second-order valence-corrected chi connectivity index (χ2v) is 6.79. The van der Waals surface area contributed by atoms with E-state index < -0.39 is 0 Å². The van der Waals surface area contributed by atoms with Crippen molar-refractivity contribution in [1.82, 2.24) is 25.8 Å². The van der Waals surface area contributed by atoms with Crippen molar-refractivity contribution in [3.63, 3.8) is 0 Å². The molecule has 0 unspecified atom stereocenters. The highest BCUT2D eigenvalue weighted by Crippen LogP contribution is 2.09. The largest absolute Gasteiger partial charge is 0.358 e. The van der Waals surface area contributed by atoms with Gasteiger partial charge in [0.15, 0.2) is 5.96 Å². The lowest BCUT2D eigenvalue weighted by Crippen LogP contribution is -2.50. The maximum Gasteiger partial charge on any atom is 0.233 e. The summed E-state index contributed by atoms with van der Waals surface area (Å²) in [6.45, 7) is 10.5. The molecule has 0 radical (unpaired) electrons. The van der Waals surface area contributed by atoms with E-state index in [1.807, 2.05) is 0 Å². The Bertz CT molecular complexity index is 393. The van der Waals surface area contributed by atoms with Gasteiger partial charge in [0.25, 0.3) is 0 Å². The van der Waals surface area contributed by atoms with Crippen molar-refractivity contribution in [3.8, 4) is 0 Å². The predicted octanol–water partition coefficient (Wildman–Crippen LogP) is 0.484. The van der Waals surface area contributed by atoms with Gasteiger partial charge in [-0.15, -0.1) is 0 Å². The summed E-state index contributed by atoms with van der Waals surface area (Å²) in [4.78, 5) is 20.7. The normalized spacial score (nSPS) is 16.9. The number of amides is 1. The fourth-order valence-corrected chi connectivity index (χ4v) is 2.90. The quantitative estimate of drug-likeness (QED) is 0.393. The van der Waals surface area contributed by atoms with Gasteiger partial charge in [0.05, 0.1) is 13.1 Å². The molecule has 0 bridgehead atoms. The van der Waals surface area contributed by atoms with Crippen molar-refractivity contribution in [2.24, 2.45) is 4.99 Å². The molecule has 1 heterocycles. The van der Waals surface area contributed by atoms with E-state index in [0.29, 0.717) is 12.6 Å². The van der Waals surface area contributed by atoms with Gasteiger partial charge in [0.2, 0.25) is 5.91 Å². The van der Waals surface area contributed by atoms with Gasteiger partial charge in [0.1, 0.15) is 0 Å². The number of carbonyl (C=O) groups is 1. The van der Waals surface area contributed by atoms with E-state index in [1.54, 1.807) is 7.05 Å². The molecular formula is C18H38N6O. The number of hydrogen-bond donors (Lipinski definition) is 3. The molecule has 0 aromatic rings. The Morgan fingerprint density at radius 1 is 1.24 bits per heavy atom. The Hall–Kier alpha value is -1.34. The number of rotatable bonds is 10. The molecule has 0 saturated carbocycles. The van der Waals surface area contributed by atoms with E-state index in [-0.39, 0.29) is 5.91 Å². The van der Waals surface area contributed by atoms with Crippen LogP contribution in [0.1, 0.15) is 39.5 Å². The van der Waals surface area contributed by atoms with Gasteiger partial charge in [-0.2, -0.15) is 0 Å². The van der Waals surface area contributed by atoms with Gasteiger partial charge >= 0.3 is 0 Å². The number of unbranched alkanes of at least 4 members (excludes halogenated alkanes) is 1. The lowest BCUT2D eigenvalue weighted by molar-refractivity contribution is -0.122. The predicted molar refractivity (Wildman–Crippen MR) is 105 cm³/mol. The van der Waals surface area contributed by atoms with Crippen molar-refractivity contribution in [3.05, 3.63) is 0 Å². The molecule has 7 heteroatoms. The zero-order valence-electron chi connectivity index (χ0n) is 16.6. The number of carbonyl (C=O) groups excluding carboxylic acids is 1. The van der Waals surface area contributed by atoms with Gasteiger partial charge in [-0.3, -0.25) is 14.7 Å². The maximum atomic E-state index is 11.5. The smallest absolute Gasteiger partial charge is 0.233 e. The Balaban J connectivity index is 2.34. The summed E-state index contributed by atoms with van der Waals surface area (Å²) in [7, 11) is 3.85. The Labute approximate surface area is 153 Å². The molecule has 3 N–H and O–H groups in total. The van der Waals surface area contributed by atoms with E-state index in [1.165, 1.54) is 12.8 Å². The number of hydrogen-bond acceptors (Lipinski definition) is 4. The first-order chi connectivity index (χ1) is 12.1. The van der Waals surface area contributed by atoms with Crippen LogP contribution in [0.4, 0.5) is 0 Å². The first-order valence-corrected chi connectivity index (χ1v) is 9.75. The summed E-state index contributed by atoms with van der Waals surface area (Å²) < 4.78 is 0. The summed E-state index contributed by atoms with van der Waals surface area (Å²) in [5.41, 5.74) is 0. The van der Waals surface area contributed by atoms with Crippen LogP contribution in [0, 0.1) is 0 Å². The Morgan fingerprint density at radius 2 is 1.96 bits per heavy atom. The van der Waals surface area contributed by atoms with E-state index in [2.05, 4.69) is 46.6 Å². The summed E-state index contributed by atoms with van der Waals surface area (Å²) in [6, 6.07) is 0.427. The molecule has 1 aliphatic heterocycles. The van der Waals surface area contributed by atoms with Gasteiger partial charge in [0, 0.05) is 39.3 Å². The van der Waals surface area contributed by atoms with Crippen LogP contribution in [0.15, 0.2) is 4.99 Å². The highest BCUT2D eigenvalue weighted by molar-refractivity contribution is 5.80. The monoisotopic (exact) mass is 354 g/mol. The Kier molecular flexibility index (Phi) is 11.2. The molecule has 7 nitrogen and oxygen atoms in total. The minimum atomic E-state index is 0.0912. The molecule has 0 aromatic carbocycles. The van der Waals surface area contributed by atoms with Gasteiger partial charge in [-0.1, -0.05) is 13.3 Å². The van der Waals surface area contributed by atoms with E-state index in [4.69, 9.17) is 4.99 Å². The summed E-state index contributed by atoms with van der Waals surface area (Å²) in [5.74, 6) is 1.00. The third-order valence-electron chi connectivity index (χ3n) is 4.56. The summed E-state index contributed by atoms with van der Waals surface area (Å²) in [6.07, 6.45) is 4.55. The highest BCUT2D eigenvalue weighted by atomic mass is 16.1. The standard InChI is InChI=1S/C18H38N6O/c1-5-7-11-23(4)14-10-21-18(20-6-2)22-16-8-12-24(13-9-16)15-17(25)19-3/h16H,5-15H2,1-4H3,(H,19,25)(H2,20,21,22). The number of nitrogens with one attached hydrogen (secondary N) is 3. The molecular weight excluding hydrogens is 316 g/mol. The average Bonchev–Trinajstić information content (AvgIpc) is 2.61. The van der Waals surface area contributed by atoms with Crippen molar-refractivity contribution in [2.45, 2.75) is 45.6 Å². The van der Waals surface area contributed by atoms with Crippen LogP contribution in [0.25, 0.3) is 0 Å². The molecule has 0 atom stereocenters. The average molecular weight is 355 g/mol. The molecule has 1 saturated heterocycles. The fourth-order valence-electron chi connectivity index (χ4n) is 2.90. The molecule has 1 aliphatic rings. The SMILES string of the molecule is CCCCN(C)CCN=C(NCC)NC1CCN(CC(=O)NC)CC1. The lowest BCUT2D eigenvalue weighted by atomic mass is 10.1. The zero-order chi connectivity index (χ0) is 18.5. The second kappa shape index (κ2) is 12.9. The van der Waals surface area contributed by atoms with Crippen molar-refractivity contribution >= 4 is 11.9 Å². The van der Waals surface area contributed by atoms with Gasteiger partial charge < -0.3 is 20.9 Å². The van der Waals surface area contributed by atoms with E-state index in [9.17, 15) is 4.79 Å². The van der Waals surface area contributed by atoms with Crippen molar-refractivity contribution < 1.29 is 4.79 Å². The van der Waals surface area contributed by atoms with Gasteiger partial charge in [-0.05, 0) is 39.8 Å². The first-order valence-electron chi connectivity index (χ1n) is 9.75. The number of likely N-dealkylation sites (tertiary alicyclic amines) is 1.